The summed E-state index contributed by atoms with van der Waals surface area (Å²) in [5.74, 6) is 1.24. The van der Waals surface area contributed by atoms with Gasteiger partial charge in [-0.1, -0.05) is 0 Å². The van der Waals surface area contributed by atoms with Crippen LogP contribution in [0.25, 0.3) is 0 Å². The summed E-state index contributed by atoms with van der Waals surface area (Å²) in [6.07, 6.45) is 0. The van der Waals surface area contributed by atoms with Crippen LogP contribution in [0.2, 0.25) is 0 Å². The smallest absolute Gasteiger partial charge is 0.274 e. The lowest BCUT2D eigenvalue weighted by atomic mass is 10.2. The number of hydrogen-bond donors (Lipinski definition) is 2. The van der Waals surface area contributed by atoms with Crippen molar-refractivity contribution >= 4 is 17.5 Å². The first kappa shape index (κ1) is 19.5. The third-order valence-corrected chi connectivity index (χ3v) is 3.59. The maximum Gasteiger partial charge on any atom is 0.274 e. The fourth-order valence-corrected chi connectivity index (χ4v) is 2.24. The minimum atomic E-state index is -0.338. The van der Waals surface area contributed by atoms with E-state index in [1.807, 2.05) is 25.9 Å². The van der Waals surface area contributed by atoms with Crippen LogP contribution in [0.15, 0.2) is 24.3 Å². The van der Waals surface area contributed by atoms with E-state index in [0.29, 0.717) is 35.4 Å². The molecule has 1 heterocycles. The predicted octanol–water partition coefficient (Wildman–Crippen LogP) is 2.03. The monoisotopic (exact) mass is 359 g/mol. The average molecular weight is 359 g/mol. The lowest BCUT2D eigenvalue weighted by Crippen LogP contribution is -2.22. The second-order valence-electron chi connectivity index (χ2n) is 5.97. The Kier molecular flexibility index (Phi) is 6.74. The van der Waals surface area contributed by atoms with Crippen molar-refractivity contribution in [2.24, 2.45) is 0 Å². The van der Waals surface area contributed by atoms with Crippen LogP contribution in [0.5, 0.6) is 11.5 Å². The summed E-state index contributed by atoms with van der Waals surface area (Å²) in [5.41, 5.74) is 1.53. The standard InChI is InChI=1S/C18H25N5O3/c1-12-10-15(22-18(20-12)19-8-9-23(2)3)17(24)21-14-7-6-13(25-4)11-16(14)26-5/h6-7,10-11H,8-9H2,1-5H3,(H,21,24)(H,19,20,22). The van der Waals surface area contributed by atoms with Crippen LogP contribution < -0.4 is 20.1 Å². The topological polar surface area (TPSA) is 88.6 Å². The number of carbonyl (C=O) groups excluding carboxylic acids is 1. The molecule has 2 N–H and O–H groups in total. The van der Waals surface area contributed by atoms with E-state index in [1.54, 1.807) is 31.4 Å². The Morgan fingerprint density at radius 3 is 2.58 bits per heavy atom. The van der Waals surface area contributed by atoms with Crippen molar-refractivity contribution in [3.05, 3.63) is 35.7 Å². The van der Waals surface area contributed by atoms with E-state index in [2.05, 4.69) is 20.6 Å². The molecule has 0 fully saturated rings. The molecule has 8 heteroatoms. The summed E-state index contributed by atoms with van der Waals surface area (Å²) in [5, 5.41) is 5.94. The summed E-state index contributed by atoms with van der Waals surface area (Å²) in [4.78, 5) is 23.3. The van der Waals surface area contributed by atoms with E-state index in [-0.39, 0.29) is 11.6 Å². The summed E-state index contributed by atoms with van der Waals surface area (Å²) < 4.78 is 10.5. The van der Waals surface area contributed by atoms with Gasteiger partial charge in [0.2, 0.25) is 5.95 Å². The predicted molar refractivity (Wildman–Crippen MR) is 101 cm³/mol. The Hall–Kier alpha value is -2.87. The molecule has 0 saturated heterocycles. The van der Waals surface area contributed by atoms with Crippen LogP contribution in [0.4, 0.5) is 11.6 Å². The zero-order valence-corrected chi connectivity index (χ0v) is 15.8. The van der Waals surface area contributed by atoms with Crippen molar-refractivity contribution in [3.63, 3.8) is 0 Å². The second-order valence-corrected chi connectivity index (χ2v) is 5.97. The zero-order chi connectivity index (χ0) is 19.1. The lowest BCUT2D eigenvalue weighted by Gasteiger charge is -2.13. The first-order valence-corrected chi connectivity index (χ1v) is 8.20. The largest absolute Gasteiger partial charge is 0.497 e. The number of aromatic nitrogens is 2. The highest BCUT2D eigenvalue weighted by Crippen LogP contribution is 2.29. The Morgan fingerprint density at radius 2 is 1.92 bits per heavy atom. The number of aryl methyl sites for hydroxylation is 1. The van der Waals surface area contributed by atoms with E-state index in [4.69, 9.17) is 9.47 Å². The van der Waals surface area contributed by atoms with Gasteiger partial charge in [0.25, 0.3) is 5.91 Å². The molecule has 140 valence electrons. The van der Waals surface area contributed by atoms with Crippen molar-refractivity contribution in [1.29, 1.82) is 0 Å². The maximum absolute atomic E-state index is 12.6. The molecule has 8 nitrogen and oxygen atoms in total. The minimum absolute atomic E-state index is 0.280. The van der Waals surface area contributed by atoms with Crippen LogP contribution in [-0.2, 0) is 0 Å². The third kappa shape index (κ3) is 5.32. The first-order valence-electron chi connectivity index (χ1n) is 8.20. The Morgan fingerprint density at radius 1 is 1.15 bits per heavy atom. The maximum atomic E-state index is 12.6. The van der Waals surface area contributed by atoms with Gasteiger partial charge in [-0.05, 0) is 39.2 Å². The van der Waals surface area contributed by atoms with Gasteiger partial charge in [-0.15, -0.1) is 0 Å². The number of benzene rings is 1. The van der Waals surface area contributed by atoms with E-state index < -0.39 is 0 Å². The molecule has 1 aromatic carbocycles. The molecule has 0 aliphatic carbocycles. The summed E-state index contributed by atoms with van der Waals surface area (Å²) in [7, 11) is 7.08. The van der Waals surface area contributed by atoms with Crippen LogP contribution in [0.1, 0.15) is 16.2 Å². The molecule has 0 spiro atoms. The molecule has 0 saturated carbocycles. The van der Waals surface area contributed by atoms with Crippen LogP contribution in [0.3, 0.4) is 0 Å². The number of rotatable bonds is 8. The van der Waals surface area contributed by atoms with Crippen LogP contribution in [-0.4, -0.2) is 62.2 Å². The highest BCUT2D eigenvalue weighted by atomic mass is 16.5. The quantitative estimate of drug-likeness (QED) is 0.745. The number of carbonyl (C=O) groups is 1. The molecule has 2 rings (SSSR count). The summed E-state index contributed by atoms with van der Waals surface area (Å²) in [6.45, 7) is 3.34. The molecule has 0 aliphatic rings. The van der Waals surface area contributed by atoms with E-state index >= 15 is 0 Å². The highest BCUT2D eigenvalue weighted by molar-refractivity contribution is 6.04. The van der Waals surface area contributed by atoms with Crippen molar-refractivity contribution in [1.82, 2.24) is 14.9 Å². The van der Waals surface area contributed by atoms with Crippen molar-refractivity contribution in [3.8, 4) is 11.5 Å². The highest BCUT2D eigenvalue weighted by Gasteiger charge is 2.14. The van der Waals surface area contributed by atoms with Gasteiger partial charge in [0, 0.05) is 24.8 Å². The Balaban J connectivity index is 2.15. The Bertz CT molecular complexity index is 764. The fourth-order valence-electron chi connectivity index (χ4n) is 2.24. The number of methoxy groups -OCH3 is 2. The molecule has 1 aromatic heterocycles. The normalized spacial score (nSPS) is 10.5. The number of ether oxygens (including phenoxy) is 2. The summed E-state index contributed by atoms with van der Waals surface area (Å²) >= 11 is 0. The van der Waals surface area contributed by atoms with Crippen molar-refractivity contribution < 1.29 is 14.3 Å². The van der Waals surface area contributed by atoms with E-state index in [0.717, 1.165) is 6.54 Å². The Labute approximate surface area is 153 Å². The summed E-state index contributed by atoms with van der Waals surface area (Å²) in [6, 6.07) is 6.81. The molecule has 0 atom stereocenters. The van der Waals surface area contributed by atoms with Gasteiger partial charge in [0.05, 0.1) is 19.9 Å². The number of anilines is 2. The average Bonchev–Trinajstić information content (AvgIpc) is 2.61. The molecule has 26 heavy (non-hydrogen) atoms. The number of nitrogens with zero attached hydrogens (tertiary/aromatic N) is 3. The second kappa shape index (κ2) is 9.00. The van der Waals surface area contributed by atoms with Gasteiger partial charge in [-0.3, -0.25) is 4.79 Å². The minimum Gasteiger partial charge on any atom is -0.497 e. The van der Waals surface area contributed by atoms with Crippen LogP contribution >= 0.6 is 0 Å². The lowest BCUT2D eigenvalue weighted by molar-refractivity contribution is 0.102. The van der Waals surface area contributed by atoms with Gasteiger partial charge >= 0.3 is 0 Å². The number of likely N-dealkylation sites (N-methyl/N-ethyl adjacent to an activating group) is 1. The van der Waals surface area contributed by atoms with Crippen molar-refractivity contribution in [2.45, 2.75) is 6.92 Å². The van der Waals surface area contributed by atoms with E-state index in [1.165, 1.54) is 7.11 Å². The molecule has 0 aliphatic heterocycles. The molecular weight excluding hydrogens is 334 g/mol. The molecule has 0 bridgehead atoms. The zero-order valence-electron chi connectivity index (χ0n) is 15.8. The molecule has 0 unspecified atom stereocenters. The molecule has 2 aromatic rings. The number of amides is 1. The SMILES string of the molecule is COc1ccc(NC(=O)c2cc(C)nc(NCCN(C)C)n2)c(OC)c1. The molecular formula is C18H25N5O3. The van der Waals surface area contributed by atoms with Crippen LogP contribution in [0, 0.1) is 6.92 Å². The van der Waals surface area contributed by atoms with Crippen molar-refractivity contribution in [2.75, 3.05) is 52.0 Å². The van der Waals surface area contributed by atoms with Gasteiger partial charge in [-0.2, -0.15) is 0 Å². The number of nitrogens with one attached hydrogen (secondary N) is 2. The molecule has 0 radical (unpaired) electrons. The van der Waals surface area contributed by atoms with E-state index in [9.17, 15) is 4.79 Å². The van der Waals surface area contributed by atoms with Gasteiger partial charge in [0.1, 0.15) is 17.2 Å². The third-order valence-electron chi connectivity index (χ3n) is 3.59. The molecule has 1 amide bonds. The fraction of sp³-hybridized carbons (Fsp3) is 0.389. The van der Waals surface area contributed by atoms with Gasteiger partial charge in [0.15, 0.2) is 0 Å². The van der Waals surface area contributed by atoms with Gasteiger partial charge in [-0.25, -0.2) is 9.97 Å². The first-order chi connectivity index (χ1) is 12.4. The number of hydrogen-bond acceptors (Lipinski definition) is 7. The van der Waals surface area contributed by atoms with Gasteiger partial charge < -0.3 is 25.0 Å².